The maximum Gasteiger partial charge on any atom is 0.153 e. The molecular formula is C29H31N3O4S2. The van der Waals surface area contributed by atoms with Gasteiger partial charge in [0.1, 0.15) is 36.5 Å². The van der Waals surface area contributed by atoms with Gasteiger partial charge in [0.2, 0.25) is 0 Å². The minimum atomic E-state index is 0.112. The molecule has 3 aromatic rings. The molecule has 0 unspecified atom stereocenters. The minimum Gasteiger partial charge on any atom is -0.489 e. The fraction of sp³-hybridized carbons (Fsp3) is 0.310. The van der Waals surface area contributed by atoms with Gasteiger partial charge in [-0.15, -0.1) is 0 Å². The molecule has 0 spiro atoms. The molecule has 9 heteroatoms. The average Bonchev–Trinajstić information content (AvgIpc) is 2.93. The largest absolute Gasteiger partial charge is 0.489 e. The van der Waals surface area contributed by atoms with Crippen molar-refractivity contribution in [2.45, 2.75) is 40.4 Å². The number of nitrogens with two attached hydrogens (primary N) is 1. The van der Waals surface area contributed by atoms with Crippen molar-refractivity contribution >= 4 is 29.2 Å². The number of anilines is 1. The Labute approximate surface area is 232 Å². The minimum absolute atomic E-state index is 0.112. The van der Waals surface area contributed by atoms with Gasteiger partial charge in [0.05, 0.1) is 23.0 Å². The predicted molar refractivity (Wildman–Crippen MR) is 150 cm³/mol. The summed E-state index contributed by atoms with van der Waals surface area (Å²) in [5.74, 6) is 0.632. The second-order valence-corrected chi connectivity index (χ2v) is 10.1. The van der Waals surface area contributed by atoms with Gasteiger partial charge >= 0.3 is 0 Å². The third-order valence-corrected chi connectivity index (χ3v) is 7.69. The van der Waals surface area contributed by atoms with Crippen molar-refractivity contribution < 1.29 is 18.9 Å². The number of hydrogen-bond acceptors (Lipinski definition) is 9. The number of para-hydroxylation sites is 1. The molecule has 0 aromatic heterocycles. The first-order valence-electron chi connectivity index (χ1n) is 12.3. The SMILES string of the molecule is CCOCCOc1c(C#N)c(C#N)c(OCCOCC)c(Sc2ccccc2N)c1Sc1ccc(C)cc1. The third-order valence-electron chi connectivity index (χ3n) is 5.27. The van der Waals surface area contributed by atoms with Crippen LogP contribution in [0.3, 0.4) is 0 Å². The van der Waals surface area contributed by atoms with E-state index < -0.39 is 0 Å². The zero-order chi connectivity index (χ0) is 27.3. The molecule has 0 bridgehead atoms. The number of benzene rings is 3. The van der Waals surface area contributed by atoms with Gasteiger partial charge in [-0.05, 0) is 45.0 Å². The van der Waals surface area contributed by atoms with Crippen LogP contribution in [0.15, 0.2) is 68.1 Å². The van der Waals surface area contributed by atoms with Gasteiger partial charge in [0.25, 0.3) is 0 Å². The Morgan fingerprint density at radius 2 is 1.26 bits per heavy atom. The molecule has 38 heavy (non-hydrogen) atoms. The molecule has 0 radical (unpaired) electrons. The average molecular weight is 550 g/mol. The molecule has 7 nitrogen and oxygen atoms in total. The van der Waals surface area contributed by atoms with Crippen molar-refractivity contribution in [1.29, 1.82) is 10.5 Å². The Morgan fingerprint density at radius 1 is 0.737 bits per heavy atom. The van der Waals surface area contributed by atoms with Crippen LogP contribution in [0.4, 0.5) is 5.69 Å². The lowest BCUT2D eigenvalue weighted by Gasteiger charge is -2.22. The normalized spacial score (nSPS) is 10.6. The summed E-state index contributed by atoms with van der Waals surface area (Å²) in [5.41, 5.74) is 8.25. The second-order valence-electron chi connectivity index (χ2n) is 7.94. The highest BCUT2D eigenvalue weighted by Crippen LogP contribution is 2.52. The van der Waals surface area contributed by atoms with E-state index in [2.05, 4.69) is 12.1 Å². The predicted octanol–water partition coefficient (Wildman–Crippen LogP) is 6.45. The molecular weight excluding hydrogens is 518 g/mol. The lowest BCUT2D eigenvalue weighted by molar-refractivity contribution is 0.106. The molecule has 0 heterocycles. The highest BCUT2D eigenvalue weighted by molar-refractivity contribution is 8.02. The van der Waals surface area contributed by atoms with Crippen LogP contribution >= 0.6 is 23.5 Å². The summed E-state index contributed by atoms with van der Waals surface area (Å²) in [6.07, 6.45) is 0. The standard InChI is InChI=1S/C29H31N3O4S2/c1-4-33-14-16-35-26-22(18-30)23(19-31)27(36-17-15-34-5-2)29(38-25-9-7-6-8-24(25)32)28(26)37-21-12-10-20(3)11-13-21/h6-13H,4-5,14-17,32H2,1-3H3. The van der Waals surface area contributed by atoms with Crippen molar-refractivity contribution in [3.63, 3.8) is 0 Å². The molecule has 0 atom stereocenters. The second kappa shape index (κ2) is 15.2. The van der Waals surface area contributed by atoms with Crippen LogP contribution < -0.4 is 15.2 Å². The number of nitrogen functional groups attached to an aromatic ring is 1. The topological polar surface area (TPSA) is 111 Å². The molecule has 0 saturated heterocycles. The van der Waals surface area contributed by atoms with Gasteiger partial charge in [-0.25, -0.2) is 0 Å². The number of ether oxygens (including phenoxy) is 4. The van der Waals surface area contributed by atoms with Crippen molar-refractivity contribution in [3.8, 4) is 23.6 Å². The van der Waals surface area contributed by atoms with E-state index in [9.17, 15) is 10.5 Å². The molecule has 0 aliphatic carbocycles. The van der Waals surface area contributed by atoms with Crippen molar-refractivity contribution in [3.05, 3.63) is 65.2 Å². The maximum absolute atomic E-state index is 10.2. The van der Waals surface area contributed by atoms with E-state index in [1.54, 1.807) is 0 Å². The quantitative estimate of drug-likeness (QED) is 0.179. The van der Waals surface area contributed by atoms with E-state index in [1.165, 1.54) is 23.5 Å². The molecule has 0 amide bonds. The monoisotopic (exact) mass is 549 g/mol. The fourth-order valence-corrected chi connectivity index (χ4v) is 5.62. The Bertz CT molecular complexity index is 1300. The van der Waals surface area contributed by atoms with Crippen molar-refractivity contribution in [2.75, 3.05) is 45.4 Å². The van der Waals surface area contributed by atoms with E-state index in [0.29, 0.717) is 53.4 Å². The molecule has 3 rings (SSSR count). The van der Waals surface area contributed by atoms with Gasteiger partial charge in [0, 0.05) is 28.7 Å². The summed E-state index contributed by atoms with van der Waals surface area (Å²) < 4.78 is 23.2. The van der Waals surface area contributed by atoms with Crippen LogP contribution in [0.5, 0.6) is 11.5 Å². The molecule has 0 aliphatic rings. The van der Waals surface area contributed by atoms with Crippen LogP contribution in [0.1, 0.15) is 30.5 Å². The smallest absolute Gasteiger partial charge is 0.153 e. The van der Waals surface area contributed by atoms with Gasteiger partial charge in [-0.3, -0.25) is 0 Å². The Morgan fingerprint density at radius 3 is 1.76 bits per heavy atom. The first kappa shape index (κ1) is 29.2. The first-order chi connectivity index (χ1) is 18.5. The maximum atomic E-state index is 10.2. The Kier molecular flexibility index (Phi) is 11.7. The van der Waals surface area contributed by atoms with Crippen LogP contribution in [-0.4, -0.2) is 39.6 Å². The van der Waals surface area contributed by atoms with Gasteiger partial charge in [0.15, 0.2) is 11.5 Å². The van der Waals surface area contributed by atoms with Crippen LogP contribution in [0, 0.1) is 29.6 Å². The van der Waals surface area contributed by atoms with Crippen LogP contribution in [0.25, 0.3) is 0 Å². The number of aryl methyl sites for hydroxylation is 1. The Hall–Kier alpha value is -3.34. The van der Waals surface area contributed by atoms with E-state index in [1.807, 2.05) is 69.3 Å². The van der Waals surface area contributed by atoms with E-state index in [4.69, 9.17) is 24.7 Å². The molecule has 0 fully saturated rings. The first-order valence-corrected chi connectivity index (χ1v) is 13.9. The summed E-state index contributed by atoms with van der Waals surface area (Å²) in [6, 6.07) is 19.9. The lowest BCUT2D eigenvalue weighted by Crippen LogP contribution is -2.12. The summed E-state index contributed by atoms with van der Waals surface area (Å²) in [6.45, 7) is 8.04. The molecule has 3 aromatic carbocycles. The lowest BCUT2D eigenvalue weighted by atomic mass is 10.1. The number of nitrogens with zero attached hydrogens (tertiary/aromatic N) is 2. The van der Waals surface area contributed by atoms with E-state index in [0.717, 1.165) is 15.4 Å². The van der Waals surface area contributed by atoms with Crippen molar-refractivity contribution in [1.82, 2.24) is 0 Å². The van der Waals surface area contributed by atoms with Crippen LogP contribution in [0.2, 0.25) is 0 Å². The number of nitriles is 2. The van der Waals surface area contributed by atoms with Crippen molar-refractivity contribution in [2.24, 2.45) is 0 Å². The number of hydrogen-bond donors (Lipinski definition) is 1. The summed E-state index contributed by atoms with van der Waals surface area (Å²) in [4.78, 5) is 3.05. The van der Waals surface area contributed by atoms with Crippen LogP contribution in [-0.2, 0) is 9.47 Å². The summed E-state index contributed by atoms with van der Waals surface area (Å²) in [7, 11) is 0. The van der Waals surface area contributed by atoms with E-state index >= 15 is 0 Å². The molecule has 0 saturated carbocycles. The molecule has 198 valence electrons. The highest BCUT2D eigenvalue weighted by Gasteiger charge is 2.28. The zero-order valence-corrected chi connectivity index (χ0v) is 23.4. The summed E-state index contributed by atoms with van der Waals surface area (Å²) >= 11 is 2.82. The fourth-order valence-electron chi connectivity index (χ4n) is 3.44. The zero-order valence-electron chi connectivity index (χ0n) is 21.8. The highest BCUT2D eigenvalue weighted by atomic mass is 32.2. The van der Waals surface area contributed by atoms with Gasteiger partial charge in [-0.2, -0.15) is 10.5 Å². The number of rotatable bonds is 14. The molecule has 2 N–H and O–H groups in total. The third kappa shape index (κ3) is 7.59. The summed E-state index contributed by atoms with van der Waals surface area (Å²) in [5, 5.41) is 20.4. The van der Waals surface area contributed by atoms with Gasteiger partial charge < -0.3 is 24.7 Å². The van der Waals surface area contributed by atoms with E-state index in [-0.39, 0.29) is 24.3 Å². The van der Waals surface area contributed by atoms with Gasteiger partial charge in [-0.1, -0.05) is 53.4 Å². The Balaban J connectivity index is 2.25. The molecule has 0 aliphatic heterocycles.